The number of aliphatic imine (C=N–C) groups is 1. The molecule has 1 aromatic carbocycles. The van der Waals surface area contributed by atoms with Gasteiger partial charge in [-0.1, -0.05) is 24.9 Å². The van der Waals surface area contributed by atoms with Crippen LogP contribution in [-0.2, 0) is 24.3 Å². The molecule has 142 valence electrons. The molecule has 8 heteroatoms. The van der Waals surface area contributed by atoms with Crippen LogP contribution in [0.25, 0.3) is 0 Å². The molecule has 27 heavy (non-hydrogen) atoms. The third-order valence-corrected chi connectivity index (χ3v) is 5.72. The molecule has 6 nitrogen and oxygen atoms in total. The molecular weight excluding hydrogens is 384 g/mol. The van der Waals surface area contributed by atoms with Crippen molar-refractivity contribution in [3.8, 4) is 11.9 Å². The normalized spacial score (nSPS) is 14.7. The van der Waals surface area contributed by atoms with Gasteiger partial charge in [0.1, 0.15) is 5.75 Å². The van der Waals surface area contributed by atoms with Crippen LogP contribution in [0.1, 0.15) is 35.9 Å². The molecule has 0 aliphatic carbocycles. The summed E-state index contributed by atoms with van der Waals surface area (Å²) < 4.78 is 13.2. The highest BCUT2D eigenvalue weighted by Gasteiger charge is 2.19. The van der Waals surface area contributed by atoms with Crippen LogP contribution in [0.3, 0.4) is 0 Å². The second-order valence-corrected chi connectivity index (χ2v) is 7.55. The molecule has 2 heterocycles. The number of amidine groups is 1. The molecule has 3 rings (SSSR count). The third kappa shape index (κ3) is 4.41. The Labute approximate surface area is 167 Å². The highest BCUT2D eigenvalue weighted by atomic mass is 35.5. The van der Waals surface area contributed by atoms with Gasteiger partial charge in [-0.15, -0.1) is 11.3 Å². The van der Waals surface area contributed by atoms with Crippen molar-refractivity contribution in [3.63, 3.8) is 0 Å². The number of nitriles is 1. The summed E-state index contributed by atoms with van der Waals surface area (Å²) in [5.41, 5.74) is 1.77. The lowest BCUT2D eigenvalue weighted by molar-refractivity contribution is 0.105. The molecule has 2 aromatic rings. The lowest BCUT2D eigenvalue weighted by Gasteiger charge is -2.15. The second kappa shape index (κ2) is 9.18. The quantitative estimate of drug-likeness (QED) is 0.431. The van der Waals surface area contributed by atoms with Crippen molar-refractivity contribution in [2.75, 3.05) is 13.7 Å². The Bertz CT molecular complexity index is 956. The maximum Gasteiger partial charge on any atom is 0.207 e. The first-order valence-electron chi connectivity index (χ1n) is 8.82. The van der Waals surface area contributed by atoms with E-state index in [1.54, 1.807) is 36.6 Å². The van der Waals surface area contributed by atoms with Crippen molar-refractivity contribution in [2.45, 2.75) is 39.3 Å². The van der Waals surface area contributed by atoms with E-state index in [1.165, 1.54) is 10.6 Å². The van der Waals surface area contributed by atoms with Crippen molar-refractivity contribution in [3.05, 3.63) is 44.2 Å². The Morgan fingerprint density at radius 1 is 1.48 bits per heavy atom. The summed E-state index contributed by atoms with van der Waals surface area (Å²) in [5.74, 6) is 0.864. The molecular formula is C19H21ClN4O2S. The summed E-state index contributed by atoms with van der Waals surface area (Å²) in [6.45, 7) is 4.33. The molecule has 0 atom stereocenters. The minimum atomic E-state index is 0.293. The van der Waals surface area contributed by atoms with E-state index in [2.05, 4.69) is 16.5 Å². The standard InChI is InChI=1S/C19H21ClN4O2S/c1-3-4-8-24-15-11-26-9-7-17(15)27-19(24)23-18(22-12-21)14-10-13(20)5-6-16(14)25-2/h5-6,10H,3-4,7-9,11H2,1-2H3. The summed E-state index contributed by atoms with van der Waals surface area (Å²) in [6.07, 6.45) is 4.86. The number of unbranched alkanes of at least 4 members (excludes halogenated alkanes) is 1. The Morgan fingerprint density at radius 2 is 2.33 bits per heavy atom. The summed E-state index contributed by atoms with van der Waals surface area (Å²) in [4.78, 5) is 10.8. The predicted molar refractivity (Wildman–Crippen MR) is 106 cm³/mol. The minimum absolute atomic E-state index is 0.293. The number of thiazole rings is 1. The van der Waals surface area contributed by atoms with Crippen LogP contribution in [-0.4, -0.2) is 24.1 Å². The van der Waals surface area contributed by atoms with E-state index in [-0.39, 0.29) is 0 Å². The van der Waals surface area contributed by atoms with Gasteiger partial charge in [0, 0.05) is 22.9 Å². The number of benzene rings is 1. The first-order chi connectivity index (χ1) is 13.2. The topological polar surface area (TPSA) is 71.9 Å². The van der Waals surface area contributed by atoms with Crippen LogP contribution in [0.5, 0.6) is 5.75 Å². The van der Waals surface area contributed by atoms with Crippen LogP contribution in [0, 0.1) is 11.5 Å². The maximum atomic E-state index is 9.19. The number of rotatable bonds is 5. The molecule has 1 aromatic heterocycles. The lowest BCUT2D eigenvalue weighted by atomic mass is 10.2. The van der Waals surface area contributed by atoms with Gasteiger partial charge in [-0.25, -0.2) is 0 Å². The van der Waals surface area contributed by atoms with E-state index in [0.29, 0.717) is 28.8 Å². The smallest absolute Gasteiger partial charge is 0.207 e. The predicted octanol–water partition coefficient (Wildman–Crippen LogP) is 3.91. The molecule has 0 spiro atoms. The Balaban J connectivity index is 2.15. The summed E-state index contributed by atoms with van der Waals surface area (Å²) >= 11 is 7.78. The first-order valence-corrected chi connectivity index (χ1v) is 10.0. The van der Waals surface area contributed by atoms with Gasteiger partial charge in [-0.05, 0) is 24.6 Å². The van der Waals surface area contributed by atoms with Gasteiger partial charge in [0.05, 0.1) is 31.6 Å². The van der Waals surface area contributed by atoms with E-state index in [9.17, 15) is 5.26 Å². The largest absolute Gasteiger partial charge is 0.496 e. The van der Waals surface area contributed by atoms with Gasteiger partial charge in [0.15, 0.2) is 10.6 Å². The van der Waals surface area contributed by atoms with Crippen LogP contribution in [0.15, 0.2) is 28.2 Å². The molecule has 0 radical (unpaired) electrons. The van der Waals surface area contributed by atoms with Crippen molar-refractivity contribution < 1.29 is 9.47 Å². The van der Waals surface area contributed by atoms with Gasteiger partial charge in [0.25, 0.3) is 0 Å². The summed E-state index contributed by atoms with van der Waals surface area (Å²) in [6, 6.07) is 5.20. The molecule has 1 aliphatic heterocycles. The van der Waals surface area contributed by atoms with Crippen molar-refractivity contribution in [1.82, 2.24) is 4.57 Å². The number of hydrogen-bond donors (Lipinski definition) is 0. The molecule has 0 N–H and O–H groups in total. The number of methoxy groups -OCH3 is 1. The Kier molecular flexibility index (Phi) is 6.67. The monoisotopic (exact) mass is 404 g/mol. The van der Waals surface area contributed by atoms with Crippen molar-refractivity contribution >= 4 is 28.8 Å². The fraction of sp³-hybridized carbons (Fsp3) is 0.421. The number of hydrogen-bond acceptors (Lipinski definition) is 5. The highest BCUT2D eigenvalue weighted by Crippen LogP contribution is 2.25. The zero-order valence-electron chi connectivity index (χ0n) is 15.4. The van der Waals surface area contributed by atoms with Gasteiger partial charge >= 0.3 is 0 Å². The zero-order valence-corrected chi connectivity index (χ0v) is 16.9. The fourth-order valence-electron chi connectivity index (χ4n) is 2.95. The van der Waals surface area contributed by atoms with E-state index >= 15 is 0 Å². The third-order valence-electron chi connectivity index (χ3n) is 4.30. The average Bonchev–Trinajstić information content (AvgIpc) is 3.03. The highest BCUT2D eigenvalue weighted by molar-refractivity contribution is 7.09. The van der Waals surface area contributed by atoms with Crippen LogP contribution in [0.4, 0.5) is 0 Å². The van der Waals surface area contributed by atoms with Gasteiger partial charge < -0.3 is 14.0 Å². The zero-order chi connectivity index (χ0) is 19.2. The lowest BCUT2D eigenvalue weighted by Crippen LogP contribution is -2.21. The first kappa shape index (κ1) is 19.6. The van der Waals surface area contributed by atoms with Crippen molar-refractivity contribution in [1.29, 1.82) is 5.26 Å². The number of nitrogens with zero attached hydrogens (tertiary/aromatic N) is 4. The fourth-order valence-corrected chi connectivity index (χ4v) is 4.25. The van der Waals surface area contributed by atoms with E-state index < -0.39 is 0 Å². The summed E-state index contributed by atoms with van der Waals surface area (Å²) in [5, 5.41) is 9.72. The van der Waals surface area contributed by atoms with Gasteiger partial charge in [-0.2, -0.15) is 15.2 Å². The average molecular weight is 405 g/mol. The molecule has 0 fully saturated rings. The SMILES string of the molecule is CCCCn1c2c(sc1=NC(=NC#N)c1cc(Cl)ccc1OC)CCOC2. The second-order valence-electron chi connectivity index (χ2n) is 6.05. The van der Waals surface area contributed by atoms with Gasteiger partial charge in [0.2, 0.25) is 6.19 Å². The van der Waals surface area contributed by atoms with Crippen molar-refractivity contribution in [2.24, 2.45) is 9.98 Å². The van der Waals surface area contributed by atoms with Crippen LogP contribution < -0.4 is 9.54 Å². The van der Waals surface area contributed by atoms with Crippen LogP contribution >= 0.6 is 22.9 Å². The van der Waals surface area contributed by atoms with Gasteiger partial charge in [-0.3, -0.25) is 0 Å². The molecule has 0 saturated carbocycles. The number of halogens is 1. The molecule has 0 saturated heterocycles. The van der Waals surface area contributed by atoms with E-state index in [0.717, 1.165) is 37.2 Å². The number of aromatic nitrogens is 1. The van der Waals surface area contributed by atoms with E-state index in [4.69, 9.17) is 26.1 Å². The Hall–Kier alpha value is -2.14. The van der Waals surface area contributed by atoms with E-state index in [1.807, 2.05) is 6.19 Å². The minimum Gasteiger partial charge on any atom is -0.496 e. The Morgan fingerprint density at radius 3 is 3.07 bits per heavy atom. The number of fused-ring (bicyclic) bond motifs is 1. The number of ether oxygens (including phenoxy) is 2. The molecule has 1 aliphatic rings. The van der Waals surface area contributed by atoms with Crippen LogP contribution in [0.2, 0.25) is 5.02 Å². The molecule has 0 unspecified atom stereocenters. The summed E-state index contributed by atoms with van der Waals surface area (Å²) in [7, 11) is 1.57. The molecule has 0 bridgehead atoms. The maximum absolute atomic E-state index is 9.19. The molecule has 0 amide bonds.